The van der Waals surface area contributed by atoms with Crippen LogP contribution in [0.3, 0.4) is 0 Å². The van der Waals surface area contributed by atoms with Crippen LogP contribution in [0.5, 0.6) is 23.0 Å². The molecular formula is C73H69BrF3N3O11. The van der Waals surface area contributed by atoms with E-state index in [0.29, 0.717) is 53.9 Å². The molecule has 1 aromatic heterocycles. The molecule has 0 unspecified atom stereocenters. The molecule has 0 saturated carbocycles. The molecule has 0 atom stereocenters. The molecule has 470 valence electrons. The summed E-state index contributed by atoms with van der Waals surface area (Å²) in [7, 11) is 2.67. The van der Waals surface area contributed by atoms with Crippen molar-refractivity contribution in [3.63, 3.8) is 0 Å². The van der Waals surface area contributed by atoms with Gasteiger partial charge in [0.15, 0.2) is 0 Å². The molecule has 10 aromatic rings. The van der Waals surface area contributed by atoms with Gasteiger partial charge in [-0.2, -0.15) is 13.2 Å². The van der Waals surface area contributed by atoms with E-state index in [1.165, 1.54) is 42.8 Å². The Morgan fingerprint density at radius 1 is 0.505 bits per heavy atom. The van der Waals surface area contributed by atoms with Crippen LogP contribution in [0.4, 0.5) is 18.9 Å². The predicted octanol–water partition coefficient (Wildman–Crippen LogP) is 17.0. The van der Waals surface area contributed by atoms with Crippen molar-refractivity contribution in [2.24, 2.45) is 0 Å². The number of rotatable bonds is 16. The number of imidazole rings is 1. The van der Waals surface area contributed by atoms with Crippen LogP contribution in [0.1, 0.15) is 97.2 Å². The van der Waals surface area contributed by atoms with E-state index in [1.54, 1.807) is 80.7 Å². The Morgan fingerprint density at radius 2 is 0.901 bits per heavy atom. The zero-order valence-electron chi connectivity index (χ0n) is 51.2. The van der Waals surface area contributed by atoms with E-state index in [1.807, 2.05) is 136 Å². The van der Waals surface area contributed by atoms with Crippen LogP contribution in [0.15, 0.2) is 225 Å². The average molecular weight is 1300 g/mol. The highest BCUT2D eigenvalue weighted by Gasteiger charge is 2.32. The molecule has 10 rings (SSSR count). The number of carbonyl (C=O) groups excluding carboxylic acids is 3. The fourth-order valence-corrected chi connectivity index (χ4v) is 8.55. The summed E-state index contributed by atoms with van der Waals surface area (Å²) in [5.74, 6) is -0.343. The molecule has 9 aromatic carbocycles. The number of alkyl halides is 4. The summed E-state index contributed by atoms with van der Waals surface area (Å²) in [5.41, 5.74) is 9.35. The number of aromatic hydroxyl groups is 1. The van der Waals surface area contributed by atoms with Gasteiger partial charge in [-0.1, -0.05) is 162 Å². The van der Waals surface area contributed by atoms with Crippen molar-refractivity contribution in [1.29, 1.82) is 0 Å². The largest absolute Gasteiger partial charge is 0.508 e. The smallest absolute Gasteiger partial charge is 0.416 e. The lowest BCUT2D eigenvalue weighted by Gasteiger charge is -2.14. The molecule has 3 N–H and O–H groups in total. The summed E-state index contributed by atoms with van der Waals surface area (Å²) >= 11 is 3.36. The quantitative estimate of drug-likeness (QED) is 0.0615. The second-order valence-electron chi connectivity index (χ2n) is 20.3. The van der Waals surface area contributed by atoms with Gasteiger partial charge in [0, 0.05) is 28.5 Å². The first-order valence-electron chi connectivity index (χ1n) is 28.3. The van der Waals surface area contributed by atoms with E-state index in [-0.39, 0.29) is 34.2 Å². The number of halogens is 4. The highest BCUT2D eigenvalue weighted by Crippen LogP contribution is 2.34. The van der Waals surface area contributed by atoms with Crippen LogP contribution in [0.25, 0.3) is 5.69 Å². The van der Waals surface area contributed by atoms with Crippen LogP contribution in [-0.2, 0) is 40.8 Å². The molecule has 91 heavy (non-hydrogen) atoms. The van der Waals surface area contributed by atoms with Crippen molar-refractivity contribution in [3.8, 4) is 28.7 Å². The molecule has 0 spiro atoms. The van der Waals surface area contributed by atoms with Gasteiger partial charge in [-0.05, 0) is 146 Å². The predicted molar refractivity (Wildman–Crippen MR) is 349 cm³/mol. The van der Waals surface area contributed by atoms with Crippen molar-refractivity contribution >= 4 is 45.4 Å². The van der Waals surface area contributed by atoms with E-state index in [9.17, 15) is 37.5 Å². The fourth-order valence-electron chi connectivity index (χ4n) is 8.17. The van der Waals surface area contributed by atoms with Gasteiger partial charge < -0.3 is 43.8 Å². The summed E-state index contributed by atoms with van der Waals surface area (Å²) in [4.78, 5) is 50.3. The van der Waals surface area contributed by atoms with Crippen molar-refractivity contribution in [2.75, 3.05) is 19.5 Å². The third-order valence-corrected chi connectivity index (χ3v) is 14.0. The summed E-state index contributed by atoms with van der Waals surface area (Å²) < 4.78 is 68.4. The molecule has 18 heteroatoms. The number of phenols is 1. The number of phenolic OH excluding ortho intramolecular Hbond substituents is 1. The minimum atomic E-state index is -4.58. The van der Waals surface area contributed by atoms with Gasteiger partial charge in [0.05, 0.1) is 48.5 Å². The number of carboxylic acid groups (broad SMARTS) is 1. The van der Waals surface area contributed by atoms with Crippen molar-refractivity contribution in [3.05, 3.63) is 303 Å². The van der Waals surface area contributed by atoms with Gasteiger partial charge in [0.2, 0.25) is 0 Å². The number of benzene rings is 9. The maximum Gasteiger partial charge on any atom is 0.416 e. The second kappa shape index (κ2) is 34.9. The first kappa shape index (κ1) is 69.6. The molecule has 0 radical (unpaired) electrons. The highest BCUT2D eigenvalue weighted by molar-refractivity contribution is 9.08. The molecule has 0 fully saturated rings. The van der Waals surface area contributed by atoms with Gasteiger partial charge in [-0.3, -0.25) is 4.79 Å². The monoisotopic (exact) mass is 1300 g/mol. The third kappa shape index (κ3) is 22.6. The summed E-state index contributed by atoms with van der Waals surface area (Å²) in [6.07, 6.45) is -1.54. The molecule has 14 nitrogen and oxygen atoms in total. The SMILES string of the molecule is BrCc1ccccc1.COC(=O)c1ccc(C)c(O)c1.COC(=O)c1ccc(C)c(OCc2ccccc2)c1.Cc1ccc(C(=O)O)cc1OCc1ccccc1.Cc1cn(-c2cc(NC(=O)c3ccc(C)c(OCc4ccccc4)c3)cc(C(F)(F)F)c2)cn1. The summed E-state index contributed by atoms with van der Waals surface area (Å²) in [6.45, 7) is 10.4. The highest BCUT2D eigenvalue weighted by atomic mass is 79.9. The number of carbonyl (C=O) groups is 4. The lowest BCUT2D eigenvalue weighted by Crippen LogP contribution is -2.14. The number of aromatic carboxylic acids is 1. The number of amides is 1. The van der Waals surface area contributed by atoms with Crippen molar-refractivity contribution < 1.29 is 66.2 Å². The summed E-state index contributed by atoms with van der Waals surface area (Å²) in [6, 6.07) is 62.7. The number of nitrogens with zero attached hydrogens (tertiary/aromatic N) is 2. The Balaban J connectivity index is 0.000000197. The normalized spacial score (nSPS) is 10.4. The molecule has 0 aliphatic carbocycles. The lowest BCUT2D eigenvalue weighted by atomic mass is 10.1. The molecule has 1 heterocycles. The van der Waals surface area contributed by atoms with Crippen LogP contribution >= 0.6 is 15.9 Å². The van der Waals surface area contributed by atoms with Crippen LogP contribution in [-0.4, -0.2) is 57.8 Å². The second-order valence-corrected chi connectivity index (χ2v) is 20.9. The Bertz CT molecular complexity index is 3980. The van der Waals surface area contributed by atoms with Crippen molar-refractivity contribution in [1.82, 2.24) is 9.55 Å². The Morgan fingerprint density at radius 3 is 1.29 bits per heavy atom. The van der Waals surface area contributed by atoms with E-state index < -0.39 is 29.6 Å². The Kier molecular flexibility index (Phi) is 26.7. The standard InChI is InChI=1S/C26H22F3N3O2.C16H16O3.C15H14O3.C9H10O3.C7H7Br/c1-17-8-9-20(10-24(17)34-15-19-6-4-3-5-7-19)25(33)31-22-11-21(26(27,28)29)12-23(13-22)32-14-18(2)30-16-32;1-12-8-9-14(16(17)18-2)10-15(12)19-11-13-6-4-3-5-7-13;1-11-7-8-13(15(16)17)9-14(11)18-10-12-5-3-2-4-6-12;1-6-3-4-7(5-8(6)10)9(11)12-2;8-6-7-4-2-1-3-5-7/h3-14,16H,15H2,1-2H3,(H,31,33);3-10H,11H2,1-2H3;2-9H,10H2,1H3,(H,16,17);3-5,10H,1-2H3;1-5H,6H2. The van der Waals surface area contributed by atoms with E-state index in [4.69, 9.17) is 24.1 Å². The number of hydrogen-bond donors (Lipinski definition) is 3. The number of esters is 2. The maximum absolute atomic E-state index is 13.5. The van der Waals surface area contributed by atoms with E-state index in [2.05, 4.69) is 43.1 Å². The van der Waals surface area contributed by atoms with E-state index in [0.717, 1.165) is 56.4 Å². The molecule has 0 aliphatic rings. The molecule has 0 saturated heterocycles. The number of carboxylic acids is 1. The number of nitrogens with one attached hydrogen (secondary N) is 1. The maximum atomic E-state index is 13.5. The number of methoxy groups -OCH3 is 2. The number of aromatic nitrogens is 2. The van der Waals surface area contributed by atoms with Gasteiger partial charge >= 0.3 is 24.1 Å². The van der Waals surface area contributed by atoms with Crippen molar-refractivity contribution in [2.45, 2.75) is 65.9 Å². The first-order chi connectivity index (χ1) is 43.6. The van der Waals surface area contributed by atoms with Gasteiger partial charge in [0.1, 0.15) is 42.8 Å². The minimum Gasteiger partial charge on any atom is -0.508 e. The third-order valence-electron chi connectivity index (χ3n) is 13.3. The molecule has 0 aliphatic heterocycles. The van der Waals surface area contributed by atoms with E-state index >= 15 is 0 Å². The van der Waals surface area contributed by atoms with Gasteiger partial charge in [-0.15, -0.1) is 0 Å². The molecule has 1 amide bonds. The number of hydrogen-bond acceptors (Lipinski definition) is 11. The van der Waals surface area contributed by atoms with Gasteiger partial charge in [0.25, 0.3) is 5.91 Å². The van der Waals surface area contributed by atoms with Crippen LogP contribution in [0, 0.1) is 34.6 Å². The van der Waals surface area contributed by atoms with Crippen LogP contribution in [0.2, 0.25) is 0 Å². The summed E-state index contributed by atoms with van der Waals surface area (Å²) in [5, 5.41) is 21.7. The van der Waals surface area contributed by atoms with Crippen LogP contribution < -0.4 is 19.5 Å². The molecule has 0 bridgehead atoms. The Labute approximate surface area is 535 Å². The molecular weight excluding hydrogens is 1230 g/mol. The number of aryl methyl sites for hydroxylation is 5. The Hall–Kier alpha value is -10.5. The van der Waals surface area contributed by atoms with Gasteiger partial charge in [-0.25, -0.2) is 19.4 Å². The fraction of sp³-hybridized carbons (Fsp3) is 0.164. The first-order valence-corrected chi connectivity index (χ1v) is 29.4. The topological polar surface area (TPSA) is 185 Å². The number of ether oxygens (including phenoxy) is 5. The number of anilines is 1. The zero-order chi connectivity index (χ0) is 65.9. The minimum absolute atomic E-state index is 0.0218. The lowest BCUT2D eigenvalue weighted by molar-refractivity contribution is -0.137. The average Bonchev–Trinajstić information content (AvgIpc) is 2.07. The zero-order valence-corrected chi connectivity index (χ0v) is 52.8.